The fourth-order valence-corrected chi connectivity index (χ4v) is 2.22. The van der Waals surface area contributed by atoms with Gasteiger partial charge in [-0.2, -0.15) is 0 Å². The van der Waals surface area contributed by atoms with E-state index in [-0.39, 0.29) is 5.76 Å². The Kier molecular flexibility index (Phi) is 5.14. The molecular weight excluding hydrogens is 246 g/mol. The predicted molar refractivity (Wildman–Crippen MR) is 72.2 cm³/mol. The molecule has 19 heavy (non-hydrogen) atoms. The number of rotatable bonds is 7. The summed E-state index contributed by atoms with van der Waals surface area (Å²) >= 11 is 0. The predicted octanol–water partition coefficient (Wildman–Crippen LogP) is 2.17. The average Bonchev–Trinajstić information content (AvgIpc) is 2.58. The van der Waals surface area contributed by atoms with Crippen LogP contribution in [0.2, 0.25) is 0 Å². The Morgan fingerprint density at radius 2 is 2.16 bits per heavy atom. The van der Waals surface area contributed by atoms with Crippen LogP contribution in [0.3, 0.4) is 0 Å². The number of carboxylic acid groups (broad SMARTS) is 1. The smallest absolute Gasteiger partial charge is 0.371 e. The van der Waals surface area contributed by atoms with Gasteiger partial charge in [0.15, 0.2) is 0 Å². The van der Waals surface area contributed by atoms with Gasteiger partial charge in [-0.15, -0.1) is 0 Å². The molecule has 0 spiro atoms. The molecule has 1 atom stereocenters. The number of hydrogen-bond donors (Lipinski definition) is 3. The van der Waals surface area contributed by atoms with Gasteiger partial charge in [0.1, 0.15) is 5.76 Å². The number of aromatic carboxylic acids is 1. The first-order valence-electron chi connectivity index (χ1n) is 6.47. The Balaban J connectivity index is 2.51. The zero-order valence-corrected chi connectivity index (χ0v) is 12.0. The van der Waals surface area contributed by atoms with E-state index in [0.29, 0.717) is 31.2 Å². The van der Waals surface area contributed by atoms with E-state index >= 15 is 0 Å². The van der Waals surface area contributed by atoms with Crippen molar-refractivity contribution in [2.75, 3.05) is 6.54 Å². The normalized spacial score (nSPS) is 14.6. The standard InChI is InChI=1S/C14H23NO4/c1-9(2)6-14(4,18)8-15-7-11-5-12(13(16)17)19-10(11)3/h5,9,15,18H,6-8H2,1-4H3,(H,16,17). The van der Waals surface area contributed by atoms with Crippen LogP contribution < -0.4 is 5.32 Å². The molecule has 5 heteroatoms. The van der Waals surface area contributed by atoms with Gasteiger partial charge >= 0.3 is 5.97 Å². The third kappa shape index (κ3) is 5.04. The number of carboxylic acids is 1. The molecule has 1 heterocycles. The van der Waals surface area contributed by atoms with E-state index in [9.17, 15) is 9.90 Å². The highest BCUT2D eigenvalue weighted by atomic mass is 16.4. The maximum absolute atomic E-state index is 10.8. The van der Waals surface area contributed by atoms with Gasteiger partial charge in [-0.3, -0.25) is 0 Å². The summed E-state index contributed by atoms with van der Waals surface area (Å²) in [7, 11) is 0. The lowest BCUT2D eigenvalue weighted by Crippen LogP contribution is -2.38. The fourth-order valence-electron chi connectivity index (χ4n) is 2.22. The SMILES string of the molecule is Cc1oc(C(=O)O)cc1CNCC(C)(O)CC(C)C. The molecule has 1 aromatic heterocycles. The van der Waals surface area contributed by atoms with Crippen LogP contribution in [0.5, 0.6) is 0 Å². The zero-order valence-electron chi connectivity index (χ0n) is 12.0. The van der Waals surface area contributed by atoms with E-state index in [1.807, 2.05) is 0 Å². The average molecular weight is 269 g/mol. The molecule has 5 nitrogen and oxygen atoms in total. The molecule has 1 aromatic rings. The molecule has 0 aliphatic carbocycles. The summed E-state index contributed by atoms with van der Waals surface area (Å²) in [6, 6.07) is 1.52. The lowest BCUT2D eigenvalue weighted by molar-refractivity contribution is 0.0383. The van der Waals surface area contributed by atoms with Gasteiger partial charge in [-0.1, -0.05) is 13.8 Å². The lowest BCUT2D eigenvalue weighted by atomic mass is 9.94. The Morgan fingerprint density at radius 1 is 1.53 bits per heavy atom. The van der Waals surface area contributed by atoms with E-state index < -0.39 is 11.6 Å². The van der Waals surface area contributed by atoms with Crippen molar-refractivity contribution in [1.29, 1.82) is 0 Å². The van der Waals surface area contributed by atoms with Crippen LogP contribution in [0.15, 0.2) is 10.5 Å². The fraction of sp³-hybridized carbons (Fsp3) is 0.643. The number of aliphatic hydroxyl groups is 1. The molecule has 0 aliphatic rings. The third-order valence-corrected chi connectivity index (χ3v) is 2.90. The molecule has 0 saturated heterocycles. The van der Waals surface area contributed by atoms with Crippen LogP contribution in [0, 0.1) is 12.8 Å². The minimum Gasteiger partial charge on any atom is -0.475 e. The van der Waals surface area contributed by atoms with Crippen molar-refractivity contribution in [3.05, 3.63) is 23.2 Å². The third-order valence-electron chi connectivity index (χ3n) is 2.90. The van der Waals surface area contributed by atoms with Crippen molar-refractivity contribution in [2.24, 2.45) is 5.92 Å². The summed E-state index contributed by atoms with van der Waals surface area (Å²) < 4.78 is 5.12. The van der Waals surface area contributed by atoms with E-state index in [1.54, 1.807) is 13.8 Å². The van der Waals surface area contributed by atoms with Crippen molar-refractivity contribution in [1.82, 2.24) is 5.32 Å². The second-order valence-electron chi connectivity index (χ2n) is 5.70. The Hall–Kier alpha value is -1.33. The monoisotopic (exact) mass is 269 g/mol. The van der Waals surface area contributed by atoms with E-state index in [4.69, 9.17) is 9.52 Å². The number of nitrogens with one attached hydrogen (secondary N) is 1. The van der Waals surface area contributed by atoms with Crippen molar-refractivity contribution in [3.63, 3.8) is 0 Å². The van der Waals surface area contributed by atoms with Gasteiger partial charge < -0.3 is 19.9 Å². The van der Waals surface area contributed by atoms with Crippen molar-refractivity contribution >= 4 is 5.97 Å². The van der Waals surface area contributed by atoms with Crippen LogP contribution in [-0.4, -0.2) is 28.3 Å². The molecular formula is C14H23NO4. The highest BCUT2D eigenvalue weighted by molar-refractivity contribution is 5.84. The topological polar surface area (TPSA) is 82.7 Å². The number of hydrogen-bond acceptors (Lipinski definition) is 4. The highest BCUT2D eigenvalue weighted by Crippen LogP contribution is 2.17. The quantitative estimate of drug-likeness (QED) is 0.706. The van der Waals surface area contributed by atoms with Gasteiger partial charge in [0, 0.05) is 18.7 Å². The van der Waals surface area contributed by atoms with Crippen LogP contribution in [-0.2, 0) is 6.54 Å². The van der Waals surface area contributed by atoms with Gasteiger partial charge in [0.05, 0.1) is 5.60 Å². The van der Waals surface area contributed by atoms with Crippen molar-refractivity contribution < 1.29 is 19.4 Å². The van der Waals surface area contributed by atoms with E-state index in [1.165, 1.54) is 6.07 Å². The van der Waals surface area contributed by atoms with Gasteiger partial charge in [-0.05, 0) is 32.3 Å². The number of furan rings is 1. The highest BCUT2D eigenvalue weighted by Gasteiger charge is 2.21. The molecule has 0 aromatic carbocycles. The number of carbonyl (C=O) groups is 1. The Bertz CT molecular complexity index is 435. The minimum atomic E-state index is -1.07. The summed E-state index contributed by atoms with van der Waals surface area (Å²) in [5.74, 6) is -0.108. The Morgan fingerprint density at radius 3 is 2.63 bits per heavy atom. The molecule has 1 rings (SSSR count). The maximum atomic E-state index is 10.8. The lowest BCUT2D eigenvalue weighted by Gasteiger charge is -2.25. The number of aryl methyl sites for hydroxylation is 1. The summed E-state index contributed by atoms with van der Waals surface area (Å²) in [6.07, 6.45) is 0.713. The van der Waals surface area contributed by atoms with Crippen LogP contribution in [0.25, 0.3) is 0 Å². The van der Waals surface area contributed by atoms with Crippen molar-refractivity contribution in [2.45, 2.75) is 46.3 Å². The minimum absolute atomic E-state index is 0.0526. The molecule has 108 valence electrons. The molecule has 0 amide bonds. The first-order chi connectivity index (χ1) is 8.71. The Labute approximate surface area is 113 Å². The first-order valence-corrected chi connectivity index (χ1v) is 6.47. The molecule has 3 N–H and O–H groups in total. The van der Waals surface area contributed by atoms with Gasteiger partial charge in [0.2, 0.25) is 5.76 Å². The van der Waals surface area contributed by atoms with Crippen molar-refractivity contribution in [3.8, 4) is 0 Å². The largest absolute Gasteiger partial charge is 0.475 e. The zero-order chi connectivity index (χ0) is 14.6. The summed E-state index contributed by atoms with van der Waals surface area (Å²) in [5.41, 5.74) is 0.0410. The second kappa shape index (κ2) is 6.21. The molecule has 0 saturated carbocycles. The molecule has 0 fully saturated rings. The molecule has 0 radical (unpaired) electrons. The first kappa shape index (κ1) is 15.7. The van der Waals surface area contributed by atoms with Gasteiger partial charge in [0.25, 0.3) is 0 Å². The van der Waals surface area contributed by atoms with E-state index in [2.05, 4.69) is 19.2 Å². The van der Waals surface area contributed by atoms with E-state index in [0.717, 1.165) is 5.56 Å². The van der Waals surface area contributed by atoms with Crippen LogP contribution >= 0.6 is 0 Å². The molecule has 0 aliphatic heterocycles. The van der Waals surface area contributed by atoms with Crippen LogP contribution in [0.1, 0.15) is 49.1 Å². The molecule has 0 bridgehead atoms. The van der Waals surface area contributed by atoms with Gasteiger partial charge in [-0.25, -0.2) is 4.79 Å². The maximum Gasteiger partial charge on any atom is 0.371 e. The summed E-state index contributed by atoms with van der Waals surface area (Å²) in [6.45, 7) is 8.59. The summed E-state index contributed by atoms with van der Waals surface area (Å²) in [4.78, 5) is 10.8. The summed E-state index contributed by atoms with van der Waals surface area (Å²) in [5, 5.41) is 22.1. The van der Waals surface area contributed by atoms with Crippen LogP contribution in [0.4, 0.5) is 0 Å². The second-order valence-corrected chi connectivity index (χ2v) is 5.70. The molecule has 1 unspecified atom stereocenters.